The number of rotatable bonds is 4. The highest BCUT2D eigenvalue weighted by atomic mass is 16.6. The molecule has 6 heteroatoms. The van der Waals surface area contributed by atoms with Crippen molar-refractivity contribution in [1.29, 1.82) is 0 Å². The van der Waals surface area contributed by atoms with Crippen molar-refractivity contribution in [3.05, 3.63) is 35.9 Å². The van der Waals surface area contributed by atoms with Crippen LogP contribution in [0.5, 0.6) is 0 Å². The zero-order valence-corrected chi connectivity index (χ0v) is 12.0. The van der Waals surface area contributed by atoms with Gasteiger partial charge in [-0.1, -0.05) is 30.3 Å². The van der Waals surface area contributed by atoms with E-state index in [1.165, 1.54) is 11.8 Å². The van der Waals surface area contributed by atoms with Gasteiger partial charge in [-0.2, -0.15) is 0 Å². The second-order valence-electron chi connectivity index (χ2n) is 5.08. The molecule has 0 aliphatic carbocycles. The van der Waals surface area contributed by atoms with Gasteiger partial charge in [0, 0.05) is 6.54 Å². The smallest absolute Gasteiger partial charge is 0.410 e. The van der Waals surface area contributed by atoms with Crippen molar-refractivity contribution in [2.24, 2.45) is 0 Å². The second kappa shape index (κ2) is 7.08. The van der Waals surface area contributed by atoms with Crippen LogP contribution in [0.1, 0.15) is 25.3 Å². The number of amides is 2. The minimum atomic E-state index is -0.930. The molecule has 1 fully saturated rings. The summed E-state index contributed by atoms with van der Waals surface area (Å²) in [6.45, 7) is 2.14. The summed E-state index contributed by atoms with van der Waals surface area (Å²) in [4.78, 5) is 25.4. The monoisotopic (exact) mass is 292 g/mol. The number of benzene rings is 1. The zero-order chi connectivity index (χ0) is 15.2. The Balaban J connectivity index is 1.90. The lowest BCUT2D eigenvalue weighted by molar-refractivity contribution is -0.127. The number of nitrogens with one attached hydrogen (secondary N) is 1. The number of hydrogen-bond acceptors (Lipinski definition) is 4. The van der Waals surface area contributed by atoms with Crippen LogP contribution in [0.3, 0.4) is 0 Å². The molecule has 21 heavy (non-hydrogen) atoms. The Morgan fingerprint density at radius 3 is 2.81 bits per heavy atom. The van der Waals surface area contributed by atoms with E-state index in [0.29, 0.717) is 13.0 Å². The highest BCUT2D eigenvalue weighted by molar-refractivity contribution is 5.86. The Labute approximate surface area is 123 Å². The summed E-state index contributed by atoms with van der Waals surface area (Å²) in [7, 11) is 0. The first-order chi connectivity index (χ1) is 10.1. The topological polar surface area (TPSA) is 78.9 Å². The Morgan fingerprint density at radius 2 is 2.14 bits per heavy atom. The predicted octanol–water partition coefficient (Wildman–Crippen LogP) is 1.24. The van der Waals surface area contributed by atoms with E-state index in [1.807, 2.05) is 30.3 Å². The highest BCUT2D eigenvalue weighted by Crippen LogP contribution is 2.19. The summed E-state index contributed by atoms with van der Waals surface area (Å²) in [5.74, 6) is -0.348. The maximum absolute atomic E-state index is 12.1. The van der Waals surface area contributed by atoms with Crippen LogP contribution in [-0.4, -0.2) is 40.8 Å². The average molecular weight is 292 g/mol. The Hall–Kier alpha value is -2.08. The number of ether oxygens (including phenoxy) is 1. The average Bonchev–Trinajstić information content (AvgIpc) is 2.95. The summed E-state index contributed by atoms with van der Waals surface area (Å²) >= 11 is 0. The van der Waals surface area contributed by atoms with Gasteiger partial charge >= 0.3 is 6.09 Å². The van der Waals surface area contributed by atoms with E-state index in [9.17, 15) is 14.7 Å². The fourth-order valence-corrected chi connectivity index (χ4v) is 2.36. The summed E-state index contributed by atoms with van der Waals surface area (Å²) in [5, 5.41) is 11.6. The van der Waals surface area contributed by atoms with Crippen molar-refractivity contribution in [3.8, 4) is 0 Å². The molecule has 1 aromatic rings. The van der Waals surface area contributed by atoms with E-state index >= 15 is 0 Å². The van der Waals surface area contributed by atoms with E-state index in [2.05, 4.69) is 5.32 Å². The molecule has 0 saturated carbocycles. The molecule has 0 bridgehead atoms. The summed E-state index contributed by atoms with van der Waals surface area (Å²) in [5.41, 5.74) is 0.898. The third-order valence-corrected chi connectivity index (χ3v) is 3.35. The van der Waals surface area contributed by atoms with Gasteiger partial charge < -0.3 is 15.2 Å². The van der Waals surface area contributed by atoms with E-state index < -0.39 is 18.4 Å². The maximum atomic E-state index is 12.1. The normalized spacial score (nSPS) is 19.1. The molecule has 1 aromatic carbocycles. The molecule has 114 valence electrons. The van der Waals surface area contributed by atoms with E-state index in [1.54, 1.807) is 0 Å². The summed E-state index contributed by atoms with van der Waals surface area (Å²) in [6, 6.07) is 8.81. The van der Waals surface area contributed by atoms with Crippen LogP contribution >= 0.6 is 0 Å². The first kappa shape index (κ1) is 15.3. The molecule has 0 aromatic heterocycles. The number of likely N-dealkylation sites (tertiary alicyclic amines) is 1. The lowest BCUT2D eigenvalue weighted by Crippen LogP contribution is -2.48. The SMILES string of the molecule is C[C@H](O)NC(=O)[C@H]1CCCN1C(=O)OCc1ccccc1. The second-order valence-corrected chi connectivity index (χ2v) is 5.08. The van der Waals surface area contributed by atoms with Gasteiger partial charge in [0.15, 0.2) is 0 Å². The molecule has 1 aliphatic heterocycles. The van der Waals surface area contributed by atoms with Crippen LogP contribution < -0.4 is 5.32 Å². The van der Waals surface area contributed by atoms with Gasteiger partial charge in [0.25, 0.3) is 0 Å². The van der Waals surface area contributed by atoms with Crippen LogP contribution in [0.4, 0.5) is 4.79 Å². The predicted molar refractivity (Wildman–Crippen MR) is 76.2 cm³/mol. The van der Waals surface area contributed by atoms with Gasteiger partial charge in [-0.3, -0.25) is 9.69 Å². The maximum Gasteiger partial charge on any atom is 0.410 e. The summed E-state index contributed by atoms with van der Waals surface area (Å²) < 4.78 is 5.24. The highest BCUT2D eigenvalue weighted by Gasteiger charge is 2.35. The van der Waals surface area contributed by atoms with Gasteiger partial charge in [-0.25, -0.2) is 4.79 Å². The number of hydrogen-bond donors (Lipinski definition) is 2. The molecule has 0 spiro atoms. The molecule has 2 amide bonds. The van der Waals surface area contributed by atoms with Crippen molar-refractivity contribution in [2.45, 2.75) is 38.6 Å². The number of aliphatic hydroxyl groups excluding tert-OH is 1. The number of nitrogens with zero attached hydrogens (tertiary/aromatic N) is 1. The lowest BCUT2D eigenvalue weighted by atomic mass is 10.2. The van der Waals surface area contributed by atoms with E-state index in [-0.39, 0.29) is 12.5 Å². The minimum absolute atomic E-state index is 0.181. The van der Waals surface area contributed by atoms with Crippen molar-refractivity contribution < 1.29 is 19.4 Å². The van der Waals surface area contributed by atoms with Crippen LogP contribution in [0, 0.1) is 0 Å². The Kier molecular flexibility index (Phi) is 5.16. The molecule has 2 rings (SSSR count). The fraction of sp³-hybridized carbons (Fsp3) is 0.467. The number of carbonyl (C=O) groups excluding carboxylic acids is 2. The molecule has 1 saturated heterocycles. The molecule has 2 N–H and O–H groups in total. The van der Waals surface area contributed by atoms with Gasteiger partial charge in [-0.05, 0) is 25.3 Å². The molecule has 0 unspecified atom stereocenters. The van der Waals surface area contributed by atoms with Crippen LogP contribution in [0.25, 0.3) is 0 Å². The molecule has 2 atom stereocenters. The van der Waals surface area contributed by atoms with Gasteiger partial charge in [0.05, 0.1) is 0 Å². The van der Waals surface area contributed by atoms with Crippen molar-refractivity contribution in [2.75, 3.05) is 6.54 Å². The molecule has 1 heterocycles. The first-order valence-corrected chi connectivity index (χ1v) is 7.03. The van der Waals surface area contributed by atoms with Gasteiger partial charge in [-0.15, -0.1) is 0 Å². The minimum Gasteiger partial charge on any atom is -0.445 e. The molecule has 0 radical (unpaired) electrons. The van der Waals surface area contributed by atoms with E-state index in [4.69, 9.17) is 4.74 Å². The first-order valence-electron chi connectivity index (χ1n) is 7.03. The Morgan fingerprint density at radius 1 is 1.43 bits per heavy atom. The van der Waals surface area contributed by atoms with Crippen LogP contribution in [-0.2, 0) is 16.1 Å². The third-order valence-electron chi connectivity index (χ3n) is 3.35. The third kappa shape index (κ3) is 4.19. The van der Waals surface area contributed by atoms with Gasteiger partial charge in [0.1, 0.15) is 18.9 Å². The van der Waals surface area contributed by atoms with Crippen molar-refractivity contribution >= 4 is 12.0 Å². The number of carbonyl (C=O) groups is 2. The largest absolute Gasteiger partial charge is 0.445 e. The molecule has 1 aliphatic rings. The molecule has 6 nitrogen and oxygen atoms in total. The Bertz CT molecular complexity index is 490. The standard InChI is InChI=1S/C15H20N2O4/c1-11(18)16-14(19)13-8-5-9-17(13)15(20)21-10-12-6-3-2-4-7-12/h2-4,6-7,11,13,18H,5,8-10H2,1H3,(H,16,19)/t11-,13+/m0/s1. The van der Waals surface area contributed by atoms with Crippen molar-refractivity contribution in [1.82, 2.24) is 10.2 Å². The van der Waals surface area contributed by atoms with Crippen molar-refractivity contribution in [3.63, 3.8) is 0 Å². The van der Waals surface area contributed by atoms with Crippen LogP contribution in [0.2, 0.25) is 0 Å². The fourth-order valence-electron chi connectivity index (χ4n) is 2.36. The number of aliphatic hydroxyl groups is 1. The quantitative estimate of drug-likeness (QED) is 0.818. The zero-order valence-electron chi connectivity index (χ0n) is 12.0. The molecular formula is C15H20N2O4. The summed E-state index contributed by atoms with van der Waals surface area (Å²) in [6.07, 6.45) is -0.0977. The molecular weight excluding hydrogens is 272 g/mol. The van der Waals surface area contributed by atoms with Gasteiger partial charge in [0.2, 0.25) is 5.91 Å². The lowest BCUT2D eigenvalue weighted by Gasteiger charge is -2.23. The van der Waals surface area contributed by atoms with E-state index in [0.717, 1.165) is 12.0 Å². The van der Waals surface area contributed by atoms with Crippen LogP contribution in [0.15, 0.2) is 30.3 Å².